The summed E-state index contributed by atoms with van der Waals surface area (Å²) in [5, 5.41) is 2.82. The normalized spacial score (nSPS) is 16.5. The minimum Gasteiger partial charge on any atom is -0.354 e. The van der Waals surface area contributed by atoms with Gasteiger partial charge in [-0.2, -0.15) is 0 Å². The van der Waals surface area contributed by atoms with Crippen molar-refractivity contribution >= 4 is 5.91 Å². The van der Waals surface area contributed by atoms with Gasteiger partial charge < -0.3 is 10.2 Å². The van der Waals surface area contributed by atoms with Crippen molar-refractivity contribution in [3.8, 4) is 0 Å². The molecule has 0 saturated heterocycles. The molecule has 104 valence electrons. The highest BCUT2D eigenvalue weighted by atomic mass is 19.1. The first-order valence-corrected chi connectivity index (χ1v) is 6.30. The highest BCUT2D eigenvalue weighted by molar-refractivity contribution is 5.78. The molecule has 0 radical (unpaired) electrons. The van der Waals surface area contributed by atoms with E-state index in [1.54, 1.807) is 4.90 Å². The number of amides is 1. The van der Waals surface area contributed by atoms with Crippen LogP contribution in [0.4, 0.5) is 8.78 Å². The highest BCUT2D eigenvalue weighted by Gasteiger charge is 2.46. The molecule has 3 nitrogen and oxygen atoms in total. The van der Waals surface area contributed by atoms with Crippen LogP contribution in [0.5, 0.6) is 0 Å². The first-order valence-electron chi connectivity index (χ1n) is 6.30. The van der Waals surface area contributed by atoms with Gasteiger partial charge >= 0.3 is 0 Å². The quantitative estimate of drug-likeness (QED) is 0.881. The van der Waals surface area contributed by atoms with E-state index in [1.807, 2.05) is 14.1 Å². The fourth-order valence-corrected chi connectivity index (χ4v) is 2.22. The lowest BCUT2D eigenvalue weighted by Crippen LogP contribution is -2.38. The van der Waals surface area contributed by atoms with Crippen molar-refractivity contribution in [3.63, 3.8) is 0 Å². The molecule has 0 spiro atoms. The predicted molar refractivity (Wildman–Crippen MR) is 68.8 cm³/mol. The molecule has 1 amide bonds. The van der Waals surface area contributed by atoms with Crippen molar-refractivity contribution in [1.82, 2.24) is 10.2 Å². The first-order chi connectivity index (χ1) is 8.93. The summed E-state index contributed by atoms with van der Waals surface area (Å²) in [5.41, 5.74) is 0.152. The van der Waals surface area contributed by atoms with Gasteiger partial charge in [0.2, 0.25) is 5.91 Å². The Morgan fingerprint density at radius 3 is 2.58 bits per heavy atom. The van der Waals surface area contributed by atoms with Crippen LogP contribution in [0.1, 0.15) is 18.4 Å². The maximum atomic E-state index is 13.8. The lowest BCUT2D eigenvalue weighted by atomic mass is 9.95. The summed E-state index contributed by atoms with van der Waals surface area (Å²) in [6, 6.07) is 3.65. The average Bonchev–Trinajstić information content (AvgIpc) is 3.06. The number of rotatable bonds is 5. The molecule has 2 rings (SSSR count). The molecule has 0 heterocycles. The summed E-state index contributed by atoms with van der Waals surface area (Å²) in [7, 11) is 3.62. The molecule has 1 N–H and O–H groups in total. The Kier molecular flexibility index (Phi) is 3.85. The van der Waals surface area contributed by atoms with Crippen LogP contribution in [0.3, 0.4) is 0 Å². The Morgan fingerprint density at radius 1 is 1.37 bits per heavy atom. The molecular formula is C14H18F2N2O. The molecule has 1 aromatic carbocycles. The van der Waals surface area contributed by atoms with Crippen LogP contribution in [0.15, 0.2) is 18.2 Å². The summed E-state index contributed by atoms with van der Waals surface area (Å²) < 4.78 is 26.7. The molecule has 1 aromatic rings. The number of nitrogens with zero attached hydrogens (tertiary/aromatic N) is 1. The van der Waals surface area contributed by atoms with Gasteiger partial charge in [-0.05, 0) is 38.6 Å². The van der Waals surface area contributed by atoms with E-state index in [9.17, 15) is 13.6 Å². The molecule has 0 atom stereocenters. The summed E-state index contributed by atoms with van der Waals surface area (Å²) in [5.74, 6) is -1.19. The van der Waals surface area contributed by atoms with Crippen LogP contribution in [0.2, 0.25) is 0 Å². The second-order valence-corrected chi connectivity index (χ2v) is 5.42. The molecule has 1 fully saturated rings. The summed E-state index contributed by atoms with van der Waals surface area (Å²) >= 11 is 0. The van der Waals surface area contributed by atoms with Gasteiger partial charge in [-0.1, -0.05) is 6.07 Å². The van der Waals surface area contributed by atoms with E-state index < -0.39 is 11.6 Å². The van der Waals surface area contributed by atoms with Crippen LogP contribution in [0.25, 0.3) is 0 Å². The molecule has 5 heteroatoms. The lowest BCUT2D eigenvalue weighted by molar-refractivity contribution is -0.121. The topological polar surface area (TPSA) is 32.3 Å². The van der Waals surface area contributed by atoms with E-state index in [4.69, 9.17) is 0 Å². The van der Waals surface area contributed by atoms with Gasteiger partial charge in [0.1, 0.15) is 11.6 Å². The minimum absolute atomic E-state index is 0.0844. The monoisotopic (exact) mass is 268 g/mol. The SMILES string of the molecule is CN(C)CC(=O)NCC1(c2ccc(F)cc2F)CC1. The largest absolute Gasteiger partial charge is 0.354 e. The van der Waals surface area contributed by atoms with Crippen molar-refractivity contribution in [3.05, 3.63) is 35.4 Å². The third kappa shape index (κ3) is 3.29. The standard InChI is InChI=1S/C14H18F2N2O/c1-18(2)8-13(19)17-9-14(5-6-14)11-4-3-10(15)7-12(11)16/h3-4,7H,5-6,8-9H2,1-2H3,(H,17,19). The van der Waals surface area contributed by atoms with E-state index in [2.05, 4.69) is 5.32 Å². The lowest BCUT2D eigenvalue weighted by Gasteiger charge is -2.18. The molecule has 19 heavy (non-hydrogen) atoms. The second kappa shape index (κ2) is 5.25. The zero-order valence-corrected chi connectivity index (χ0v) is 11.2. The Hall–Kier alpha value is -1.49. The van der Waals surface area contributed by atoms with E-state index in [0.717, 1.165) is 18.9 Å². The maximum absolute atomic E-state index is 13.8. The van der Waals surface area contributed by atoms with Gasteiger partial charge in [0, 0.05) is 18.0 Å². The molecule has 1 aliphatic carbocycles. The smallest absolute Gasteiger partial charge is 0.234 e. The third-order valence-electron chi connectivity index (χ3n) is 3.44. The molecule has 0 aromatic heterocycles. The maximum Gasteiger partial charge on any atom is 0.234 e. The van der Waals surface area contributed by atoms with E-state index in [1.165, 1.54) is 12.1 Å². The average molecular weight is 268 g/mol. The van der Waals surface area contributed by atoms with Gasteiger partial charge in [0.25, 0.3) is 0 Å². The van der Waals surface area contributed by atoms with E-state index >= 15 is 0 Å². The number of halogens is 2. The van der Waals surface area contributed by atoms with Crippen LogP contribution >= 0.6 is 0 Å². The number of hydrogen-bond acceptors (Lipinski definition) is 2. The number of carbonyl (C=O) groups is 1. The van der Waals surface area contributed by atoms with Crippen LogP contribution in [-0.2, 0) is 10.2 Å². The third-order valence-corrected chi connectivity index (χ3v) is 3.44. The second-order valence-electron chi connectivity index (χ2n) is 5.42. The molecule has 0 unspecified atom stereocenters. The van der Waals surface area contributed by atoms with E-state index in [-0.39, 0.29) is 11.3 Å². The summed E-state index contributed by atoms with van der Waals surface area (Å²) in [6.07, 6.45) is 1.63. The number of likely N-dealkylation sites (N-methyl/N-ethyl adjacent to an activating group) is 1. The van der Waals surface area contributed by atoms with E-state index in [0.29, 0.717) is 18.7 Å². The van der Waals surface area contributed by atoms with Crippen LogP contribution in [0, 0.1) is 11.6 Å². The van der Waals surface area contributed by atoms with Crippen molar-refractivity contribution in [1.29, 1.82) is 0 Å². The van der Waals surface area contributed by atoms with Gasteiger partial charge in [0.15, 0.2) is 0 Å². The Bertz CT molecular complexity index is 484. The highest BCUT2D eigenvalue weighted by Crippen LogP contribution is 2.48. The Balaban J connectivity index is 2.01. The summed E-state index contributed by atoms with van der Waals surface area (Å²) in [6.45, 7) is 0.713. The van der Waals surface area contributed by atoms with Crippen LogP contribution in [-0.4, -0.2) is 38.0 Å². The minimum atomic E-state index is -0.575. The zero-order valence-electron chi connectivity index (χ0n) is 11.2. The summed E-state index contributed by atoms with van der Waals surface area (Å²) in [4.78, 5) is 13.4. The Morgan fingerprint density at radius 2 is 2.05 bits per heavy atom. The van der Waals surface area contributed by atoms with Gasteiger partial charge in [-0.3, -0.25) is 4.79 Å². The molecule has 1 aliphatic rings. The van der Waals surface area contributed by atoms with Crippen molar-refractivity contribution in [2.45, 2.75) is 18.3 Å². The molecule has 0 bridgehead atoms. The molecule has 1 saturated carbocycles. The predicted octanol–water partition coefficient (Wildman–Crippen LogP) is 1.67. The van der Waals surface area contributed by atoms with Gasteiger partial charge in [0.05, 0.1) is 6.54 Å². The number of benzene rings is 1. The van der Waals surface area contributed by atoms with Gasteiger partial charge in [-0.15, -0.1) is 0 Å². The van der Waals surface area contributed by atoms with Crippen molar-refractivity contribution in [2.24, 2.45) is 0 Å². The van der Waals surface area contributed by atoms with Crippen LogP contribution < -0.4 is 5.32 Å². The number of carbonyl (C=O) groups excluding carboxylic acids is 1. The first kappa shape index (κ1) is 13.9. The fourth-order valence-electron chi connectivity index (χ4n) is 2.22. The van der Waals surface area contributed by atoms with Gasteiger partial charge in [-0.25, -0.2) is 8.78 Å². The van der Waals surface area contributed by atoms with Crippen molar-refractivity contribution in [2.75, 3.05) is 27.2 Å². The Labute approximate surface area is 111 Å². The number of hydrogen-bond donors (Lipinski definition) is 1. The fraction of sp³-hybridized carbons (Fsp3) is 0.500. The molecular weight excluding hydrogens is 250 g/mol. The number of nitrogens with one attached hydrogen (secondary N) is 1. The zero-order chi connectivity index (χ0) is 14.0. The molecule has 0 aliphatic heterocycles. The van der Waals surface area contributed by atoms with Crippen molar-refractivity contribution < 1.29 is 13.6 Å².